The Kier molecular flexibility index (Phi) is 5.41. The first kappa shape index (κ1) is 17.2. The summed E-state index contributed by atoms with van der Waals surface area (Å²) in [7, 11) is 0. The highest BCUT2D eigenvalue weighted by Gasteiger charge is 2.21. The Morgan fingerprint density at radius 2 is 2.04 bits per heavy atom. The van der Waals surface area contributed by atoms with E-state index in [0.29, 0.717) is 17.1 Å². The van der Waals surface area contributed by atoms with Gasteiger partial charge in [-0.25, -0.2) is 4.98 Å². The van der Waals surface area contributed by atoms with E-state index < -0.39 is 0 Å². The number of rotatable bonds is 2. The van der Waals surface area contributed by atoms with Crippen LogP contribution in [0.2, 0.25) is 5.02 Å². The third kappa shape index (κ3) is 3.90. The normalized spacial score (nSPS) is 15.3. The molecule has 6 heteroatoms. The minimum Gasteiger partial charge on any atom is -0.355 e. The van der Waals surface area contributed by atoms with Gasteiger partial charge in [0.15, 0.2) is 0 Å². The molecule has 0 radical (unpaired) electrons. The first-order chi connectivity index (χ1) is 11.5. The number of hydrogen-bond donors (Lipinski definition) is 0. The van der Waals surface area contributed by atoms with Gasteiger partial charge >= 0.3 is 0 Å². The quantitative estimate of drug-likeness (QED) is 0.749. The second-order valence-electron chi connectivity index (χ2n) is 5.94. The molecule has 2 heterocycles. The maximum absolute atomic E-state index is 12.7. The van der Waals surface area contributed by atoms with E-state index >= 15 is 0 Å². The van der Waals surface area contributed by atoms with Crippen molar-refractivity contribution in [3.63, 3.8) is 0 Å². The average Bonchev–Trinajstić information content (AvgIpc) is 2.80. The van der Waals surface area contributed by atoms with Crippen LogP contribution in [0.5, 0.6) is 0 Å². The zero-order chi connectivity index (χ0) is 17.1. The summed E-state index contributed by atoms with van der Waals surface area (Å²) in [6.07, 6.45) is 2.74. The van der Waals surface area contributed by atoms with Crippen molar-refractivity contribution >= 4 is 39.3 Å². The van der Waals surface area contributed by atoms with Crippen LogP contribution in [0.15, 0.2) is 41.0 Å². The van der Waals surface area contributed by atoms with Crippen molar-refractivity contribution in [2.24, 2.45) is 0 Å². The lowest BCUT2D eigenvalue weighted by Crippen LogP contribution is -2.35. The third-order valence-corrected chi connectivity index (χ3v) is 4.84. The van der Waals surface area contributed by atoms with Gasteiger partial charge < -0.3 is 9.80 Å². The first-order valence-corrected chi connectivity index (χ1v) is 9.13. The van der Waals surface area contributed by atoms with Crippen LogP contribution in [0.25, 0.3) is 0 Å². The van der Waals surface area contributed by atoms with Crippen molar-refractivity contribution in [1.29, 1.82) is 0 Å². The molecule has 1 aromatic heterocycles. The lowest BCUT2D eigenvalue weighted by atomic mass is 10.2. The van der Waals surface area contributed by atoms with Crippen LogP contribution in [0.3, 0.4) is 0 Å². The highest BCUT2D eigenvalue weighted by atomic mass is 79.9. The molecule has 2 aromatic rings. The zero-order valence-corrected chi connectivity index (χ0v) is 15.8. The summed E-state index contributed by atoms with van der Waals surface area (Å²) >= 11 is 9.45. The molecular weight excluding hydrogens is 390 g/mol. The predicted octanol–water partition coefficient (Wildman–Crippen LogP) is 4.16. The van der Waals surface area contributed by atoms with E-state index in [0.717, 1.165) is 41.9 Å². The summed E-state index contributed by atoms with van der Waals surface area (Å²) < 4.78 is 0.983. The van der Waals surface area contributed by atoms with Crippen molar-refractivity contribution in [2.45, 2.75) is 13.3 Å². The largest absolute Gasteiger partial charge is 0.355 e. The van der Waals surface area contributed by atoms with Gasteiger partial charge in [-0.2, -0.15) is 0 Å². The molecule has 1 saturated heterocycles. The Hall–Kier alpha value is -1.59. The van der Waals surface area contributed by atoms with Crippen LogP contribution in [0.1, 0.15) is 22.3 Å². The van der Waals surface area contributed by atoms with Crippen LogP contribution < -0.4 is 4.90 Å². The molecule has 0 saturated carbocycles. The van der Waals surface area contributed by atoms with Crippen molar-refractivity contribution in [1.82, 2.24) is 9.88 Å². The highest BCUT2D eigenvalue weighted by molar-refractivity contribution is 9.10. The molecule has 0 unspecified atom stereocenters. The molecule has 1 aliphatic rings. The van der Waals surface area contributed by atoms with Gasteiger partial charge in [0, 0.05) is 47.4 Å². The number of carbonyl (C=O) groups is 1. The third-order valence-electron chi connectivity index (χ3n) is 4.17. The fourth-order valence-electron chi connectivity index (χ4n) is 3.00. The molecule has 24 heavy (non-hydrogen) atoms. The maximum atomic E-state index is 12.7. The molecule has 1 aliphatic heterocycles. The van der Waals surface area contributed by atoms with Gasteiger partial charge in [-0.3, -0.25) is 4.79 Å². The number of aromatic nitrogens is 1. The van der Waals surface area contributed by atoms with E-state index in [-0.39, 0.29) is 5.91 Å². The first-order valence-electron chi connectivity index (χ1n) is 7.96. The van der Waals surface area contributed by atoms with E-state index in [4.69, 9.17) is 11.6 Å². The van der Waals surface area contributed by atoms with Gasteiger partial charge in [-0.1, -0.05) is 17.7 Å². The molecule has 0 spiro atoms. The van der Waals surface area contributed by atoms with Crippen molar-refractivity contribution in [2.75, 3.05) is 31.1 Å². The van der Waals surface area contributed by atoms with E-state index in [1.54, 1.807) is 12.1 Å². The summed E-state index contributed by atoms with van der Waals surface area (Å²) in [5.41, 5.74) is 1.79. The molecule has 0 atom stereocenters. The topological polar surface area (TPSA) is 36.4 Å². The summed E-state index contributed by atoms with van der Waals surface area (Å²) in [5, 5.41) is 0.590. The molecule has 4 nitrogen and oxygen atoms in total. The monoisotopic (exact) mass is 407 g/mol. The molecule has 0 bridgehead atoms. The Bertz CT molecular complexity index is 753. The molecule has 1 fully saturated rings. The minimum absolute atomic E-state index is 0.0415. The number of aryl methyl sites for hydroxylation is 1. The molecular formula is C18H19BrClN3O. The number of halogens is 2. The fourth-order valence-corrected chi connectivity index (χ4v) is 3.64. The molecule has 0 N–H and O–H groups in total. The standard InChI is InChI=1S/C18H19BrClN3O/c1-13-10-15(19)12-21-17(13)22-6-3-7-23(9-8-22)18(24)14-4-2-5-16(20)11-14/h2,4-5,10-12H,3,6-9H2,1H3. The minimum atomic E-state index is 0.0415. The maximum Gasteiger partial charge on any atom is 0.253 e. The van der Waals surface area contributed by atoms with Crippen LogP contribution in [0, 0.1) is 6.92 Å². The number of hydrogen-bond acceptors (Lipinski definition) is 3. The highest BCUT2D eigenvalue weighted by Crippen LogP contribution is 2.22. The Morgan fingerprint density at radius 3 is 2.79 bits per heavy atom. The molecule has 0 aliphatic carbocycles. The Balaban J connectivity index is 1.72. The lowest BCUT2D eigenvalue weighted by molar-refractivity contribution is 0.0767. The number of nitrogens with zero attached hydrogens (tertiary/aromatic N) is 3. The number of carbonyl (C=O) groups excluding carboxylic acids is 1. The molecule has 126 valence electrons. The Labute approximate surface area is 155 Å². The van der Waals surface area contributed by atoms with Gasteiger partial charge in [0.2, 0.25) is 0 Å². The number of benzene rings is 1. The summed E-state index contributed by atoms with van der Waals surface area (Å²) in [6.45, 7) is 5.17. The van der Waals surface area contributed by atoms with E-state index in [9.17, 15) is 4.79 Å². The van der Waals surface area contributed by atoms with E-state index in [1.165, 1.54) is 0 Å². The SMILES string of the molecule is Cc1cc(Br)cnc1N1CCCN(C(=O)c2cccc(Cl)c2)CC1. The average molecular weight is 409 g/mol. The van der Waals surface area contributed by atoms with E-state index in [2.05, 4.69) is 38.8 Å². The van der Waals surface area contributed by atoms with Crippen LogP contribution >= 0.6 is 27.5 Å². The van der Waals surface area contributed by atoms with Gasteiger partial charge in [0.05, 0.1) is 0 Å². The Morgan fingerprint density at radius 1 is 1.21 bits per heavy atom. The van der Waals surface area contributed by atoms with Crippen molar-refractivity contribution < 1.29 is 4.79 Å². The van der Waals surface area contributed by atoms with Crippen LogP contribution in [-0.4, -0.2) is 42.0 Å². The van der Waals surface area contributed by atoms with Crippen LogP contribution in [0.4, 0.5) is 5.82 Å². The zero-order valence-electron chi connectivity index (χ0n) is 13.5. The van der Waals surface area contributed by atoms with Crippen LogP contribution in [-0.2, 0) is 0 Å². The van der Waals surface area contributed by atoms with Gasteiger partial charge in [0.1, 0.15) is 5.82 Å². The second kappa shape index (κ2) is 7.53. The van der Waals surface area contributed by atoms with E-state index in [1.807, 2.05) is 23.2 Å². The van der Waals surface area contributed by atoms with Crippen molar-refractivity contribution in [3.8, 4) is 0 Å². The molecule has 3 rings (SSSR count). The molecule has 1 amide bonds. The second-order valence-corrected chi connectivity index (χ2v) is 7.29. The summed E-state index contributed by atoms with van der Waals surface area (Å²) in [5.74, 6) is 1.04. The number of anilines is 1. The number of pyridine rings is 1. The van der Waals surface area contributed by atoms with Gasteiger partial charge in [-0.15, -0.1) is 0 Å². The smallest absolute Gasteiger partial charge is 0.253 e. The predicted molar refractivity (Wildman–Crippen MR) is 101 cm³/mol. The fraction of sp³-hybridized carbons (Fsp3) is 0.333. The number of amides is 1. The van der Waals surface area contributed by atoms with Gasteiger partial charge in [0.25, 0.3) is 5.91 Å². The summed E-state index contributed by atoms with van der Waals surface area (Å²) in [6, 6.07) is 9.21. The summed E-state index contributed by atoms with van der Waals surface area (Å²) in [4.78, 5) is 21.4. The lowest BCUT2D eigenvalue weighted by Gasteiger charge is -2.24. The van der Waals surface area contributed by atoms with Crippen molar-refractivity contribution in [3.05, 3.63) is 57.2 Å². The van der Waals surface area contributed by atoms with Gasteiger partial charge in [-0.05, 0) is 59.1 Å². The molecule has 1 aromatic carbocycles.